The molecule has 0 saturated carbocycles. The second kappa shape index (κ2) is 8.49. The molecule has 1 fully saturated rings. The number of carbonyl (C=O) groups is 2. The van der Waals surface area contributed by atoms with Crippen LogP contribution in [0.5, 0.6) is 0 Å². The van der Waals surface area contributed by atoms with Crippen molar-refractivity contribution in [2.45, 2.75) is 32.7 Å². The van der Waals surface area contributed by atoms with E-state index in [-0.39, 0.29) is 17.6 Å². The smallest absolute Gasteiger partial charge is 0.255 e. The first-order valence-electron chi connectivity index (χ1n) is 10.1. The van der Waals surface area contributed by atoms with Crippen molar-refractivity contribution < 1.29 is 14.0 Å². The van der Waals surface area contributed by atoms with Crippen molar-refractivity contribution in [3.05, 3.63) is 77.4 Å². The van der Waals surface area contributed by atoms with Crippen LogP contribution in [-0.4, -0.2) is 28.1 Å². The first kappa shape index (κ1) is 19.8. The maximum Gasteiger partial charge on any atom is 0.255 e. The predicted molar refractivity (Wildman–Crippen MR) is 112 cm³/mol. The molecular weight excluding hydrogens is 383 g/mol. The van der Waals surface area contributed by atoms with E-state index in [1.54, 1.807) is 27.9 Å². The summed E-state index contributed by atoms with van der Waals surface area (Å²) in [6.07, 6.45) is 3.64. The topological polar surface area (TPSA) is 67.2 Å². The Balaban J connectivity index is 1.44. The van der Waals surface area contributed by atoms with E-state index >= 15 is 0 Å². The molecule has 0 unspecified atom stereocenters. The fourth-order valence-corrected chi connectivity index (χ4v) is 3.70. The maximum absolute atomic E-state index is 13.2. The average Bonchev–Trinajstić information content (AvgIpc) is 3.39. The highest BCUT2D eigenvalue weighted by Crippen LogP contribution is 2.22. The quantitative estimate of drug-likeness (QED) is 0.680. The molecule has 0 atom stereocenters. The number of aromatic nitrogens is 2. The van der Waals surface area contributed by atoms with E-state index in [1.165, 1.54) is 12.1 Å². The highest BCUT2D eigenvalue weighted by molar-refractivity contribution is 5.96. The molecule has 1 aromatic heterocycles. The van der Waals surface area contributed by atoms with Crippen LogP contribution < -0.4 is 10.2 Å². The molecule has 1 aliphatic rings. The summed E-state index contributed by atoms with van der Waals surface area (Å²) in [6, 6.07) is 13.7. The third-order valence-electron chi connectivity index (χ3n) is 5.29. The molecule has 2 amide bonds. The van der Waals surface area contributed by atoms with Crippen LogP contribution in [0.1, 0.15) is 41.4 Å². The minimum Gasteiger partial charge on any atom is -0.348 e. The third kappa shape index (κ3) is 3.96. The van der Waals surface area contributed by atoms with E-state index in [4.69, 9.17) is 0 Å². The zero-order chi connectivity index (χ0) is 21.1. The van der Waals surface area contributed by atoms with Gasteiger partial charge in [-0.1, -0.05) is 19.1 Å². The van der Waals surface area contributed by atoms with Crippen LogP contribution in [0.15, 0.2) is 54.7 Å². The second-order valence-electron chi connectivity index (χ2n) is 7.24. The normalized spacial score (nSPS) is 13.7. The van der Waals surface area contributed by atoms with Gasteiger partial charge >= 0.3 is 0 Å². The highest BCUT2D eigenvalue weighted by atomic mass is 19.1. The first-order valence-corrected chi connectivity index (χ1v) is 10.1. The molecule has 1 N–H and O–H groups in total. The van der Waals surface area contributed by atoms with Gasteiger partial charge in [-0.3, -0.25) is 9.59 Å². The number of anilines is 1. The summed E-state index contributed by atoms with van der Waals surface area (Å²) >= 11 is 0. The van der Waals surface area contributed by atoms with Crippen LogP contribution in [-0.2, 0) is 17.8 Å². The molecule has 30 heavy (non-hydrogen) atoms. The van der Waals surface area contributed by atoms with Crippen molar-refractivity contribution in [3.63, 3.8) is 0 Å². The molecular formula is C23H23FN4O2. The second-order valence-corrected chi connectivity index (χ2v) is 7.24. The number of nitrogens with zero attached hydrogens (tertiary/aromatic N) is 3. The Hall–Kier alpha value is -3.48. The highest BCUT2D eigenvalue weighted by Gasteiger charge is 2.21. The Morgan fingerprint density at radius 3 is 2.43 bits per heavy atom. The Morgan fingerprint density at radius 2 is 1.80 bits per heavy atom. The van der Waals surface area contributed by atoms with E-state index in [0.29, 0.717) is 30.6 Å². The summed E-state index contributed by atoms with van der Waals surface area (Å²) in [5.41, 5.74) is 3.81. The van der Waals surface area contributed by atoms with Crippen LogP contribution in [0.3, 0.4) is 0 Å². The van der Waals surface area contributed by atoms with Gasteiger partial charge in [0.25, 0.3) is 5.91 Å². The Labute approximate surface area is 174 Å². The minimum absolute atomic E-state index is 0.154. The number of benzene rings is 2. The van der Waals surface area contributed by atoms with Gasteiger partial charge in [0.1, 0.15) is 5.82 Å². The van der Waals surface area contributed by atoms with E-state index in [2.05, 4.69) is 10.4 Å². The number of hydrogen-bond acceptors (Lipinski definition) is 3. The zero-order valence-corrected chi connectivity index (χ0v) is 16.8. The van der Waals surface area contributed by atoms with Crippen molar-refractivity contribution in [2.75, 3.05) is 11.4 Å². The Morgan fingerprint density at radius 1 is 1.10 bits per heavy atom. The predicted octanol–water partition coefficient (Wildman–Crippen LogP) is 3.63. The summed E-state index contributed by atoms with van der Waals surface area (Å²) in [5, 5.41) is 7.25. The number of carbonyl (C=O) groups excluding carboxylic acids is 2. The van der Waals surface area contributed by atoms with Crippen LogP contribution >= 0.6 is 0 Å². The molecule has 0 bridgehead atoms. The van der Waals surface area contributed by atoms with Gasteiger partial charge in [-0.25, -0.2) is 9.07 Å². The van der Waals surface area contributed by atoms with Crippen LogP contribution in [0.2, 0.25) is 0 Å². The van der Waals surface area contributed by atoms with Crippen molar-refractivity contribution in [2.24, 2.45) is 0 Å². The first-order chi connectivity index (χ1) is 14.6. The molecule has 1 saturated heterocycles. The van der Waals surface area contributed by atoms with E-state index < -0.39 is 0 Å². The van der Waals surface area contributed by atoms with Gasteiger partial charge in [-0.05, 0) is 54.8 Å². The molecule has 0 spiro atoms. The summed E-state index contributed by atoms with van der Waals surface area (Å²) < 4.78 is 14.9. The van der Waals surface area contributed by atoms with Gasteiger partial charge in [0.05, 0.1) is 23.1 Å². The van der Waals surface area contributed by atoms with Gasteiger partial charge in [-0.2, -0.15) is 5.10 Å². The monoisotopic (exact) mass is 406 g/mol. The lowest BCUT2D eigenvalue weighted by Crippen LogP contribution is -2.24. The summed E-state index contributed by atoms with van der Waals surface area (Å²) in [5.74, 6) is -0.373. The van der Waals surface area contributed by atoms with Crippen molar-refractivity contribution in [3.8, 4) is 5.69 Å². The molecule has 0 aliphatic carbocycles. The molecule has 4 rings (SSSR count). The van der Waals surface area contributed by atoms with Gasteiger partial charge in [0.2, 0.25) is 5.91 Å². The number of rotatable bonds is 6. The average molecular weight is 406 g/mol. The SMILES string of the molecule is CCc1c(C(=O)NCc2ccc(N3CCCC3=O)cc2)cnn1-c1ccc(F)cc1. The van der Waals surface area contributed by atoms with Gasteiger partial charge < -0.3 is 10.2 Å². The van der Waals surface area contributed by atoms with Crippen LogP contribution in [0.4, 0.5) is 10.1 Å². The van der Waals surface area contributed by atoms with Gasteiger partial charge in [0.15, 0.2) is 0 Å². The Bertz CT molecular complexity index is 1060. The lowest BCUT2D eigenvalue weighted by atomic mass is 10.1. The van der Waals surface area contributed by atoms with Crippen molar-refractivity contribution in [1.29, 1.82) is 0 Å². The van der Waals surface area contributed by atoms with Gasteiger partial charge in [0, 0.05) is 25.2 Å². The molecule has 3 aromatic rings. The van der Waals surface area contributed by atoms with E-state index in [0.717, 1.165) is 29.9 Å². The summed E-state index contributed by atoms with van der Waals surface area (Å²) in [4.78, 5) is 26.4. The van der Waals surface area contributed by atoms with Crippen LogP contribution in [0.25, 0.3) is 5.69 Å². The molecule has 154 valence electrons. The maximum atomic E-state index is 13.2. The fourth-order valence-electron chi connectivity index (χ4n) is 3.70. The largest absolute Gasteiger partial charge is 0.348 e. The molecule has 0 radical (unpaired) electrons. The minimum atomic E-state index is -0.318. The van der Waals surface area contributed by atoms with Crippen molar-refractivity contribution in [1.82, 2.24) is 15.1 Å². The summed E-state index contributed by atoms with van der Waals surface area (Å²) in [6.45, 7) is 3.08. The van der Waals surface area contributed by atoms with E-state index in [1.807, 2.05) is 31.2 Å². The number of hydrogen-bond donors (Lipinski definition) is 1. The zero-order valence-electron chi connectivity index (χ0n) is 16.8. The number of amides is 2. The van der Waals surface area contributed by atoms with Crippen molar-refractivity contribution >= 4 is 17.5 Å². The number of halogens is 1. The van der Waals surface area contributed by atoms with Gasteiger partial charge in [-0.15, -0.1) is 0 Å². The number of nitrogens with one attached hydrogen (secondary N) is 1. The molecule has 6 nitrogen and oxygen atoms in total. The third-order valence-corrected chi connectivity index (χ3v) is 5.29. The molecule has 2 aromatic carbocycles. The standard InChI is InChI=1S/C23H23FN4O2/c1-2-21-20(15-26-28(21)19-11-7-17(24)8-12-19)23(30)25-14-16-5-9-18(10-6-16)27-13-3-4-22(27)29/h5-12,15H,2-4,13-14H2,1H3,(H,25,30). The lowest BCUT2D eigenvalue weighted by molar-refractivity contribution is -0.117. The lowest BCUT2D eigenvalue weighted by Gasteiger charge is -2.16. The van der Waals surface area contributed by atoms with E-state index in [9.17, 15) is 14.0 Å². The van der Waals surface area contributed by atoms with Crippen LogP contribution in [0, 0.1) is 5.82 Å². The fraction of sp³-hybridized carbons (Fsp3) is 0.261. The molecule has 2 heterocycles. The molecule has 7 heteroatoms. The Kier molecular flexibility index (Phi) is 5.61. The summed E-state index contributed by atoms with van der Waals surface area (Å²) in [7, 11) is 0. The molecule has 1 aliphatic heterocycles.